The summed E-state index contributed by atoms with van der Waals surface area (Å²) in [7, 11) is -2.36. The second-order valence-electron chi connectivity index (χ2n) is 5.44. The van der Waals surface area contributed by atoms with E-state index in [0.29, 0.717) is 10.8 Å². The van der Waals surface area contributed by atoms with Gasteiger partial charge in [-0.25, -0.2) is 13.1 Å². The Labute approximate surface area is 152 Å². The summed E-state index contributed by atoms with van der Waals surface area (Å²) in [6.45, 7) is 3.06. The summed E-state index contributed by atoms with van der Waals surface area (Å²) in [5, 5.41) is 3.08. The maximum atomic E-state index is 12.6. The van der Waals surface area contributed by atoms with E-state index in [0.717, 1.165) is 5.56 Å². The molecule has 2 aromatic rings. The molecule has 25 heavy (non-hydrogen) atoms. The Kier molecular flexibility index (Phi) is 6.05. The zero-order chi connectivity index (χ0) is 18.6. The van der Waals surface area contributed by atoms with Gasteiger partial charge in [0.1, 0.15) is 5.75 Å². The smallest absolute Gasteiger partial charge is 0.241 e. The van der Waals surface area contributed by atoms with E-state index in [-0.39, 0.29) is 16.5 Å². The minimum Gasteiger partial charge on any atom is -0.495 e. The summed E-state index contributed by atoms with van der Waals surface area (Å²) in [4.78, 5) is 11.3. The van der Waals surface area contributed by atoms with E-state index in [1.54, 1.807) is 31.2 Å². The summed E-state index contributed by atoms with van der Waals surface area (Å²) >= 11 is 5.95. The fourth-order valence-corrected chi connectivity index (χ4v) is 3.74. The van der Waals surface area contributed by atoms with Crippen molar-refractivity contribution >= 4 is 33.2 Å². The molecule has 2 aromatic carbocycles. The third-order valence-electron chi connectivity index (χ3n) is 3.47. The molecule has 0 saturated heterocycles. The van der Waals surface area contributed by atoms with Crippen molar-refractivity contribution in [2.75, 3.05) is 12.4 Å². The maximum Gasteiger partial charge on any atom is 0.241 e. The van der Waals surface area contributed by atoms with Crippen molar-refractivity contribution in [3.8, 4) is 5.75 Å². The van der Waals surface area contributed by atoms with Crippen LogP contribution in [0.1, 0.15) is 25.5 Å². The van der Waals surface area contributed by atoms with E-state index in [4.69, 9.17) is 16.3 Å². The van der Waals surface area contributed by atoms with E-state index in [2.05, 4.69) is 10.0 Å². The summed E-state index contributed by atoms with van der Waals surface area (Å²) in [5.41, 5.74) is 1.03. The molecular formula is C17H19ClN2O4S. The Hall–Kier alpha value is -2.09. The topological polar surface area (TPSA) is 84.5 Å². The summed E-state index contributed by atoms with van der Waals surface area (Å²) in [6.07, 6.45) is 0. The number of benzene rings is 2. The van der Waals surface area contributed by atoms with Crippen LogP contribution >= 0.6 is 11.6 Å². The number of halogens is 1. The predicted octanol–water partition coefficient (Wildman–Crippen LogP) is 3.35. The molecule has 0 heterocycles. The van der Waals surface area contributed by atoms with Crippen molar-refractivity contribution in [1.82, 2.24) is 4.72 Å². The van der Waals surface area contributed by atoms with Crippen molar-refractivity contribution in [2.45, 2.75) is 24.8 Å². The highest BCUT2D eigenvalue weighted by molar-refractivity contribution is 7.89. The highest BCUT2D eigenvalue weighted by Gasteiger charge is 2.20. The lowest BCUT2D eigenvalue weighted by Gasteiger charge is -2.16. The zero-order valence-electron chi connectivity index (χ0n) is 14.0. The van der Waals surface area contributed by atoms with Gasteiger partial charge in [0.2, 0.25) is 15.9 Å². The van der Waals surface area contributed by atoms with E-state index in [1.165, 1.54) is 32.2 Å². The molecule has 0 bridgehead atoms. The molecule has 0 radical (unpaired) electrons. The van der Waals surface area contributed by atoms with Crippen molar-refractivity contribution in [2.24, 2.45) is 0 Å². The van der Waals surface area contributed by atoms with Gasteiger partial charge in [0.15, 0.2) is 0 Å². The molecule has 0 aromatic heterocycles. The second-order valence-corrected chi connectivity index (χ2v) is 7.59. The average Bonchev–Trinajstić information content (AvgIpc) is 2.53. The number of ether oxygens (including phenoxy) is 1. The van der Waals surface area contributed by atoms with Crippen molar-refractivity contribution in [3.63, 3.8) is 0 Å². The van der Waals surface area contributed by atoms with Crippen LogP contribution in [0, 0.1) is 0 Å². The molecule has 0 aliphatic heterocycles. The normalized spacial score (nSPS) is 12.5. The Bertz CT molecular complexity index is 884. The highest BCUT2D eigenvalue weighted by Crippen LogP contribution is 2.28. The first kappa shape index (κ1) is 19.2. The fraction of sp³-hybridized carbons (Fsp3) is 0.235. The standard InChI is InChI=1S/C17H19ClN2O4S/c1-11(13-5-4-6-14(18)9-13)20-25(22,23)15-7-8-17(24-3)16(10-15)19-12(2)21/h4-11,20H,1-3H3,(H,19,21)/t11-/m1/s1. The Morgan fingerprint density at radius 3 is 2.52 bits per heavy atom. The van der Waals surface area contributed by atoms with Crippen molar-refractivity contribution in [1.29, 1.82) is 0 Å². The number of hydrogen-bond acceptors (Lipinski definition) is 4. The lowest BCUT2D eigenvalue weighted by atomic mass is 10.1. The van der Waals surface area contributed by atoms with E-state index in [9.17, 15) is 13.2 Å². The van der Waals surface area contributed by atoms with Crippen LogP contribution in [0.5, 0.6) is 5.75 Å². The minimum absolute atomic E-state index is 0.0194. The third-order valence-corrected chi connectivity index (χ3v) is 5.25. The predicted molar refractivity (Wildman–Crippen MR) is 97.5 cm³/mol. The molecule has 6 nitrogen and oxygen atoms in total. The molecule has 0 saturated carbocycles. The number of carbonyl (C=O) groups excluding carboxylic acids is 1. The summed E-state index contributed by atoms with van der Waals surface area (Å²) in [5.74, 6) is 0.0464. The quantitative estimate of drug-likeness (QED) is 0.802. The average molecular weight is 383 g/mol. The largest absolute Gasteiger partial charge is 0.495 e. The van der Waals surface area contributed by atoms with E-state index < -0.39 is 16.1 Å². The number of anilines is 1. The summed E-state index contributed by atoms with van der Waals surface area (Å²) in [6, 6.07) is 10.7. The van der Waals surface area contributed by atoms with Crippen LogP contribution in [0.4, 0.5) is 5.69 Å². The van der Waals surface area contributed by atoms with Gasteiger partial charge >= 0.3 is 0 Å². The summed E-state index contributed by atoms with van der Waals surface area (Å²) < 4.78 is 33.0. The van der Waals surface area contributed by atoms with Gasteiger partial charge in [-0.1, -0.05) is 23.7 Å². The Balaban J connectivity index is 2.31. The zero-order valence-corrected chi connectivity index (χ0v) is 15.6. The molecule has 1 atom stereocenters. The molecule has 0 spiro atoms. The molecule has 2 rings (SSSR count). The first-order valence-electron chi connectivity index (χ1n) is 7.46. The third kappa shape index (κ3) is 4.94. The molecule has 0 aliphatic carbocycles. The molecule has 2 N–H and O–H groups in total. The van der Waals surface area contributed by atoms with E-state index >= 15 is 0 Å². The molecule has 134 valence electrons. The maximum absolute atomic E-state index is 12.6. The second kappa shape index (κ2) is 7.86. The van der Waals surface area contributed by atoms with Crippen LogP contribution in [0.15, 0.2) is 47.4 Å². The van der Waals surface area contributed by atoms with Gasteiger partial charge in [-0.05, 0) is 42.8 Å². The Morgan fingerprint density at radius 2 is 1.92 bits per heavy atom. The van der Waals surface area contributed by atoms with Crippen LogP contribution in [-0.2, 0) is 14.8 Å². The van der Waals surface area contributed by atoms with Crippen molar-refractivity contribution in [3.05, 3.63) is 53.1 Å². The van der Waals surface area contributed by atoms with Crippen LogP contribution in [0.3, 0.4) is 0 Å². The van der Waals surface area contributed by atoms with Gasteiger partial charge in [0, 0.05) is 18.0 Å². The molecule has 0 aliphatic rings. The number of methoxy groups -OCH3 is 1. The van der Waals surface area contributed by atoms with Crippen LogP contribution in [0.2, 0.25) is 5.02 Å². The molecule has 1 amide bonds. The van der Waals surface area contributed by atoms with Gasteiger partial charge in [-0.2, -0.15) is 0 Å². The van der Waals surface area contributed by atoms with Crippen LogP contribution in [-0.4, -0.2) is 21.4 Å². The van der Waals surface area contributed by atoms with Gasteiger partial charge < -0.3 is 10.1 Å². The first-order valence-corrected chi connectivity index (χ1v) is 9.32. The molecule has 8 heteroatoms. The number of carbonyl (C=O) groups is 1. The number of rotatable bonds is 6. The Morgan fingerprint density at radius 1 is 1.20 bits per heavy atom. The first-order chi connectivity index (χ1) is 11.7. The molecule has 0 fully saturated rings. The molecular weight excluding hydrogens is 364 g/mol. The number of sulfonamides is 1. The lowest BCUT2D eigenvalue weighted by Crippen LogP contribution is -2.27. The number of nitrogens with one attached hydrogen (secondary N) is 2. The monoisotopic (exact) mass is 382 g/mol. The van der Waals surface area contributed by atoms with Gasteiger partial charge in [-0.3, -0.25) is 4.79 Å². The van der Waals surface area contributed by atoms with Crippen LogP contribution < -0.4 is 14.8 Å². The SMILES string of the molecule is COc1ccc(S(=O)(=O)N[C@H](C)c2cccc(Cl)c2)cc1NC(C)=O. The lowest BCUT2D eigenvalue weighted by molar-refractivity contribution is -0.114. The number of amides is 1. The van der Waals surface area contributed by atoms with Crippen molar-refractivity contribution < 1.29 is 17.9 Å². The molecule has 0 unspecified atom stereocenters. The van der Waals surface area contributed by atoms with Gasteiger partial charge in [0.05, 0.1) is 17.7 Å². The van der Waals surface area contributed by atoms with Gasteiger partial charge in [-0.15, -0.1) is 0 Å². The fourth-order valence-electron chi connectivity index (χ4n) is 2.29. The van der Waals surface area contributed by atoms with Gasteiger partial charge in [0.25, 0.3) is 0 Å². The minimum atomic E-state index is -3.80. The number of hydrogen-bond donors (Lipinski definition) is 2. The van der Waals surface area contributed by atoms with Crippen LogP contribution in [0.25, 0.3) is 0 Å². The highest BCUT2D eigenvalue weighted by atomic mass is 35.5. The van der Waals surface area contributed by atoms with E-state index in [1.807, 2.05) is 0 Å².